The molecule has 0 unspecified atom stereocenters. The molecule has 4 nitrogen and oxygen atoms in total. The lowest BCUT2D eigenvalue weighted by atomic mass is 10.0. The Morgan fingerprint density at radius 1 is 1.35 bits per heavy atom. The molecule has 1 amide bonds. The molecule has 1 N–H and O–H groups in total. The number of anilines is 1. The molecule has 0 saturated heterocycles. The van der Waals surface area contributed by atoms with E-state index in [0.717, 1.165) is 11.3 Å². The van der Waals surface area contributed by atoms with Crippen molar-refractivity contribution in [1.29, 1.82) is 0 Å². The molecule has 0 spiro atoms. The zero-order chi connectivity index (χ0) is 12.4. The van der Waals surface area contributed by atoms with Gasteiger partial charge in [-0.1, -0.05) is 6.92 Å². The van der Waals surface area contributed by atoms with E-state index in [0.29, 0.717) is 12.0 Å². The van der Waals surface area contributed by atoms with Crippen LogP contribution in [0.25, 0.3) is 0 Å². The van der Waals surface area contributed by atoms with Crippen molar-refractivity contribution >= 4 is 23.2 Å². The van der Waals surface area contributed by atoms with Crippen molar-refractivity contribution < 1.29 is 14.4 Å². The third-order valence-electron chi connectivity index (χ3n) is 2.72. The summed E-state index contributed by atoms with van der Waals surface area (Å²) in [6.45, 7) is 1.86. The monoisotopic (exact) mass is 231 g/mol. The number of Topliss-reactive ketones (excluding diaryl/α,β-unsaturated/α-hetero) is 2. The lowest BCUT2D eigenvalue weighted by Gasteiger charge is -2.02. The van der Waals surface area contributed by atoms with E-state index < -0.39 is 5.78 Å². The average Bonchev–Trinajstić information content (AvgIpc) is 2.67. The Morgan fingerprint density at radius 2 is 2.12 bits per heavy atom. The Morgan fingerprint density at radius 3 is 2.82 bits per heavy atom. The van der Waals surface area contributed by atoms with Gasteiger partial charge in [0, 0.05) is 17.7 Å². The van der Waals surface area contributed by atoms with Crippen molar-refractivity contribution in [2.24, 2.45) is 0 Å². The molecule has 0 aromatic heterocycles. The van der Waals surface area contributed by atoms with Gasteiger partial charge in [-0.3, -0.25) is 14.4 Å². The fourth-order valence-corrected chi connectivity index (χ4v) is 1.87. The summed E-state index contributed by atoms with van der Waals surface area (Å²) in [4.78, 5) is 34.4. The smallest absolute Gasteiger partial charge is 0.228 e. The molecule has 1 heterocycles. The number of benzene rings is 1. The molecular formula is C13H13NO3. The van der Waals surface area contributed by atoms with Gasteiger partial charge in [-0.05, 0) is 30.2 Å². The Kier molecular flexibility index (Phi) is 3.04. The zero-order valence-corrected chi connectivity index (χ0v) is 9.58. The number of fused-ring (bicyclic) bond motifs is 1. The summed E-state index contributed by atoms with van der Waals surface area (Å²) in [5.41, 5.74) is 1.89. The van der Waals surface area contributed by atoms with Crippen LogP contribution in [0.4, 0.5) is 5.69 Å². The maximum absolute atomic E-state index is 11.8. The summed E-state index contributed by atoms with van der Waals surface area (Å²) < 4.78 is 0. The van der Waals surface area contributed by atoms with Crippen LogP contribution in [0.3, 0.4) is 0 Å². The van der Waals surface area contributed by atoms with Gasteiger partial charge in [0.1, 0.15) is 0 Å². The number of amides is 1. The largest absolute Gasteiger partial charge is 0.326 e. The zero-order valence-electron chi connectivity index (χ0n) is 9.58. The molecule has 1 aliphatic rings. The Bertz CT molecular complexity index is 505. The molecule has 1 aliphatic heterocycles. The van der Waals surface area contributed by atoms with Crippen molar-refractivity contribution in [2.45, 2.75) is 26.2 Å². The first kappa shape index (κ1) is 11.5. The van der Waals surface area contributed by atoms with Crippen LogP contribution in [0.2, 0.25) is 0 Å². The van der Waals surface area contributed by atoms with E-state index in [4.69, 9.17) is 0 Å². The molecule has 17 heavy (non-hydrogen) atoms. The highest BCUT2D eigenvalue weighted by Gasteiger charge is 2.21. The highest BCUT2D eigenvalue weighted by Crippen LogP contribution is 2.24. The molecule has 1 aromatic carbocycles. The highest BCUT2D eigenvalue weighted by molar-refractivity contribution is 6.43. The number of hydrogen-bond acceptors (Lipinski definition) is 3. The predicted octanol–water partition coefficient (Wildman–Crippen LogP) is 1.73. The van der Waals surface area contributed by atoms with Crippen molar-refractivity contribution in [3.05, 3.63) is 29.3 Å². The molecule has 0 saturated carbocycles. The molecule has 0 aliphatic carbocycles. The van der Waals surface area contributed by atoms with Crippen molar-refractivity contribution in [3.8, 4) is 0 Å². The third kappa shape index (κ3) is 2.25. The molecule has 88 valence electrons. The van der Waals surface area contributed by atoms with E-state index in [1.54, 1.807) is 18.2 Å². The van der Waals surface area contributed by atoms with Crippen LogP contribution in [0.1, 0.15) is 35.7 Å². The van der Waals surface area contributed by atoms with Gasteiger partial charge in [-0.15, -0.1) is 0 Å². The van der Waals surface area contributed by atoms with Gasteiger partial charge in [0.05, 0.1) is 6.42 Å². The van der Waals surface area contributed by atoms with Crippen LogP contribution in [0.5, 0.6) is 0 Å². The van der Waals surface area contributed by atoms with Gasteiger partial charge in [0.2, 0.25) is 17.5 Å². The molecule has 4 heteroatoms. The van der Waals surface area contributed by atoms with Gasteiger partial charge >= 0.3 is 0 Å². The number of hydrogen-bond donors (Lipinski definition) is 1. The minimum absolute atomic E-state index is 0.0792. The SMILES string of the molecule is CCCC(=O)C(=O)c1ccc2c(c1)CC(=O)N2. The lowest BCUT2D eigenvalue weighted by Crippen LogP contribution is -2.13. The second-order valence-electron chi connectivity index (χ2n) is 4.10. The normalized spacial score (nSPS) is 13.1. The third-order valence-corrected chi connectivity index (χ3v) is 2.72. The van der Waals surface area contributed by atoms with E-state index in [1.807, 2.05) is 6.92 Å². The van der Waals surface area contributed by atoms with Crippen LogP contribution in [-0.4, -0.2) is 17.5 Å². The Balaban J connectivity index is 2.24. The van der Waals surface area contributed by atoms with E-state index in [-0.39, 0.29) is 24.5 Å². The first-order chi connectivity index (χ1) is 8.11. The van der Waals surface area contributed by atoms with Gasteiger partial charge in [-0.25, -0.2) is 0 Å². The van der Waals surface area contributed by atoms with Gasteiger partial charge < -0.3 is 5.32 Å². The summed E-state index contributed by atoms with van der Waals surface area (Å²) >= 11 is 0. The van der Waals surface area contributed by atoms with Gasteiger partial charge in [-0.2, -0.15) is 0 Å². The van der Waals surface area contributed by atoms with E-state index in [1.165, 1.54) is 0 Å². The van der Waals surface area contributed by atoms with E-state index >= 15 is 0 Å². The van der Waals surface area contributed by atoms with Crippen molar-refractivity contribution in [1.82, 2.24) is 0 Å². The fraction of sp³-hybridized carbons (Fsp3) is 0.308. The molecular weight excluding hydrogens is 218 g/mol. The number of carbonyl (C=O) groups is 3. The van der Waals surface area contributed by atoms with E-state index in [9.17, 15) is 14.4 Å². The van der Waals surface area contributed by atoms with Crippen LogP contribution in [-0.2, 0) is 16.0 Å². The molecule has 0 radical (unpaired) electrons. The van der Waals surface area contributed by atoms with Crippen LogP contribution in [0.15, 0.2) is 18.2 Å². The van der Waals surface area contributed by atoms with E-state index in [2.05, 4.69) is 5.32 Å². The molecule has 2 rings (SSSR count). The Labute approximate surface area is 99.0 Å². The summed E-state index contributed by atoms with van der Waals surface area (Å²) in [5, 5.41) is 2.68. The topological polar surface area (TPSA) is 63.2 Å². The maximum Gasteiger partial charge on any atom is 0.228 e. The highest BCUT2D eigenvalue weighted by atomic mass is 16.2. The average molecular weight is 231 g/mol. The summed E-state index contributed by atoms with van der Waals surface area (Å²) in [5.74, 6) is -0.914. The number of ketones is 2. The van der Waals surface area contributed by atoms with Crippen molar-refractivity contribution in [2.75, 3.05) is 5.32 Å². The Hall–Kier alpha value is -1.97. The molecule has 0 atom stereocenters. The van der Waals surface area contributed by atoms with Gasteiger partial charge in [0.15, 0.2) is 0 Å². The summed E-state index contributed by atoms with van der Waals surface area (Å²) in [7, 11) is 0. The second-order valence-corrected chi connectivity index (χ2v) is 4.10. The molecule has 0 bridgehead atoms. The molecule has 0 fully saturated rings. The van der Waals surface area contributed by atoms with Crippen molar-refractivity contribution in [3.63, 3.8) is 0 Å². The molecule has 1 aromatic rings. The standard InChI is InChI=1S/C13H13NO3/c1-2-3-11(15)13(17)8-4-5-10-9(6-8)7-12(16)14-10/h4-6H,2-3,7H2,1H3,(H,14,16). The van der Waals surface area contributed by atoms with Crippen LogP contribution in [0, 0.1) is 0 Å². The first-order valence-corrected chi connectivity index (χ1v) is 5.62. The van der Waals surface area contributed by atoms with Crippen LogP contribution >= 0.6 is 0 Å². The number of carbonyl (C=O) groups excluding carboxylic acids is 3. The second kappa shape index (κ2) is 4.49. The maximum atomic E-state index is 11.8. The lowest BCUT2D eigenvalue weighted by molar-refractivity contribution is -0.115. The van der Waals surface area contributed by atoms with Crippen LogP contribution < -0.4 is 5.32 Å². The fourth-order valence-electron chi connectivity index (χ4n) is 1.87. The minimum Gasteiger partial charge on any atom is -0.326 e. The summed E-state index contributed by atoms with van der Waals surface area (Å²) in [6.07, 6.45) is 1.21. The first-order valence-electron chi connectivity index (χ1n) is 5.62. The van der Waals surface area contributed by atoms with Gasteiger partial charge in [0.25, 0.3) is 0 Å². The quantitative estimate of drug-likeness (QED) is 0.634. The number of nitrogens with one attached hydrogen (secondary N) is 1. The predicted molar refractivity (Wildman–Crippen MR) is 63.0 cm³/mol. The minimum atomic E-state index is -0.464. The summed E-state index contributed by atoms with van der Waals surface area (Å²) in [6, 6.07) is 4.89. The number of rotatable bonds is 4.